The van der Waals surface area contributed by atoms with Crippen molar-refractivity contribution in [1.82, 2.24) is 10.2 Å². The average Bonchev–Trinajstić information content (AvgIpc) is 3.73. The lowest BCUT2D eigenvalue weighted by atomic mass is 9.85. The summed E-state index contributed by atoms with van der Waals surface area (Å²) in [5.41, 5.74) is 1.37. The largest absolute Gasteiger partial charge is 0.460 e. The molecule has 1 aromatic carbocycles. The Bertz CT molecular complexity index is 1160. The first-order valence-corrected chi connectivity index (χ1v) is 16.2. The molecule has 0 aromatic heterocycles. The van der Waals surface area contributed by atoms with Crippen molar-refractivity contribution in [1.29, 1.82) is 0 Å². The summed E-state index contributed by atoms with van der Waals surface area (Å²) in [7, 11) is 0. The minimum Gasteiger partial charge on any atom is -0.460 e. The number of fused-ring (bicyclic) bond motifs is 1. The lowest BCUT2D eigenvalue weighted by molar-refractivity contribution is -0.160. The van der Waals surface area contributed by atoms with E-state index in [1.165, 1.54) is 18.1 Å². The third-order valence-corrected chi connectivity index (χ3v) is 9.08. The van der Waals surface area contributed by atoms with Crippen molar-refractivity contribution in [3.8, 4) is 0 Å². The molecule has 228 valence electrons. The van der Waals surface area contributed by atoms with Crippen LogP contribution in [0.4, 0.5) is 0 Å². The molecule has 0 bridgehead atoms. The molecule has 2 aliphatic carbocycles. The summed E-state index contributed by atoms with van der Waals surface area (Å²) >= 11 is 0. The van der Waals surface area contributed by atoms with Crippen LogP contribution in [0.15, 0.2) is 12.1 Å². The van der Waals surface area contributed by atoms with Crippen molar-refractivity contribution in [2.75, 3.05) is 19.7 Å². The van der Waals surface area contributed by atoms with E-state index >= 15 is 0 Å². The molecule has 1 amide bonds. The lowest BCUT2D eigenvalue weighted by Crippen LogP contribution is -2.38. The Hall–Kier alpha value is -2.34. The maximum atomic E-state index is 13.3. The topological polar surface area (TPSA) is 67.9 Å². The van der Waals surface area contributed by atoms with Crippen LogP contribution in [0.2, 0.25) is 0 Å². The fraction of sp³-hybridized carbons (Fsp3) is 0.714. The number of hydrogen-bond acceptors (Lipinski definition) is 5. The van der Waals surface area contributed by atoms with Gasteiger partial charge in [-0.25, -0.2) is 0 Å². The summed E-state index contributed by atoms with van der Waals surface area (Å²) in [6, 6.07) is 4.49. The molecule has 0 spiro atoms. The van der Waals surface area contributed by atoms with Crippen LogP contribution in [0, 0.1) is 24.7 Å². The number of ether oxygens (including phenoxy) is 2. The molecular weight excluding hydrogens is 512 g/mol. The summed E-state index contributed by atoms with van der Waals surface area (Å²) in [5.74, 6) is 1.31. The second-order valence-corrected chi connectivity index (χ2v) is 13.8. The van der Waals surface area contributed by atoms with Gasteiger partial charge in [0.25, 0.3) is 5.91 Å². The minimum absolute atomic E-state index is 0.0180. The maximum absolute atomic E-state index is 13.3. The third kappa shape index (κ3) is 9.33. The van der Waals surface area contributed by atoms with Gasteiger partial charge in [-0.05, 0) is 115 Å². The molecule has 0 saturated heterocycles. The first-order valence-electron chi connectivity index (χ1n) is 16.2. The van der Waals surface area contributed by atoms with Crippen molar-refractivity contribution in [2.45, 2.75) is 123 Å². The van der Waals surface area contributed by atoms with E-state index in [0.717, 1.165) is 86.8 Å². The molecule has 1 aliphatic heterocycles. The van der Waals surface area contributed by atoms with Crippen molar-refractivity contribution in [3.63, 3.8) is 0 Å². The smallest absolute Gasteiger partial charge is 0.309 e. The van der Waals surface area contributed by atoms with Gasteiger partial charge in [-0.3, -0.25) is 9.59 Å². The number of nitrogens with one attached hydrogen (secondary N) is 1. The Balaban J connectivity index is 1.40. The third-order valence-electron chi connectivity index (χ3n) is 9.08. The number of carbonyl (C=O) groups is 2. The van der Waals surface area contributed by atoms with Crippen molar-refractivity contribution in [2.24, 2.45) is 17.8 Å². The second-order valence-electron chi connectivity index (χ2n) is 13.8. The summed E-state index contributed by atoms with van der Waals surface area (Å²) in [4.78, 5) is 28.4. The van der Waals surface area contributed by atoms with E-state index < -0.39 is 5.60 Å². The van der Waals surface area contributed by atoms with E-state index in [1.807, 2.05) is 26.8 Å². The Morgan fingerprint density at radius 2 is 1.76 bits per heavy atom. The monoisotopic (exact) mass is 566 g/mol. The fourth-order valence-electron chi connectivity index (χ4n) is 6.18. The molecule has 1 heterocycles. The highest BCUT2D eigenvalue weighted by atomic mass is 16.6. The number of carbonyl (C=O) groups excluding carboxylic acids is 2. The number of esters is 1. The van der Waals surface area contributed by atoms with Crippen LogP contribution < -0.4 is 15.8 Å². The van der Waals surface area contributed by atoms with Crippen LogP contribution in [-0.2, 0) is 14.3 Å². The van der Waals surface area contributed by atoms with E-state index in [4.69, 9.17) is 9.47 Å². The number of amides is 1. The summed E-state index contributed by atoms with van der Waals surface area (Å²) < 4.78 is 11.7. The number of hydrogen-bond donors (Lipinski definition) is 1. The average molecular weight is 567 g/mol. The van der Waals surface area contributed by atoms with E-state index in [1.54, 1.807) is 0 Å². The van der Waals surface area contributed by atoms with Crippen LogP contribution in [0.5, 0.6) is 0 Å². The van der Waals surface area contributed by atoms with E-state index in [2.05, 4.69) is 49.3 Å². The zero-order chi connectivity index (χ0) is 29.6. The Labute approximate surface area is 247 Å². The Kier molecular flexibility index (Phi) is 11.0. The zero-order valence-corrected chi connectivity index (χ0v) is 26.5. The van der Waals surface area contributed by atoms with Gasteiger partial charge in [-0.1, -0.05) is 31.9 Å². The highest BCUT2D eigenvalue weighted by Gasteiger charge is 2.28. The molecule has 2 unspecified atom stereocenters. The Morgan fingerprint density at radius 1 is 1.05 bits per heavy atom. The Morgan fingerprint density at radius 3 is 2.39 bits per heavy atom. The first kappa shape index (κ1) is 31.6. The highest BCUT2D eigenvalue weighted by Crippen LogP contribution is 2.30. The summed E-state index contributed by atoms with van der Waals surface area (Å²) in [5, 5.41) is 5.52. The normalized spacial score (nSPS) is 24.0. The molecule has 41 heavy (non-hydrogen) atoms. The predicted molar refractivity (Wildman–Crippen MR) is 166 cm³/mol. The van der Waals surface area contributed by atoms with Gasteiger partial charge in [0.05, 0.1) is 12.0 Å². The fourth-order valence-corrected chi connectivity index (χ4v) is 6.18. The van der Waals surface area contributed by atoms with Crippen LogP contribution in [0.1, 0.15) is 115 Å². The summed E-state index contributed by atoms with van der Waals surface area (Å²) in [6.07, 6.45) is 15.4. The SMILES string of the molecule is CCC(CNC(=O)c1ccc2c(c1C)=CN(CC1CCCC(C(=O)OC(C)(C)C)CCC1)C(C)CC=2)OCC1CC1. The van der Waals surface area contributed by atoms with Gasteiger partial charge in [-0.2, -0.15) is 0 Å². The molecule has 0 radical (unpaired) electrons. The van der Waals surface area contributed by atoms with Crippen molar-refractivity contribution in [3.05, 3.63) is 33.7 Å². The van der Waals surface area contributed by atoms with E-state index in [0.29, 0.717) is 18.5 Å². The number of rotatable bonds is 10. The predicted octanol–water partition coefficient (Wildman–Crippen LogP) is 5.47. The van der Waals surface area contributed by atoms with Crippen LogP contribution in [-0.4, -0.2) is 54.2 Å². The standard InChI is InChI=1S/C35H54N2O4/c1-7-30(40-23-27-15-16-27)20-36-33(38)31-19-18-28-17-14-24(2)37(22-32(28)25(31)3)21-26-10-8-12-29(13-9-11-26)34(39)41-35(4,5)6/h17-19,22,24,26-27,29-30H,7-16,20-21,23H2,1-6H3,(H,36,38). The van der Waals surface area contributed by atoms with Gasteiger partial charge >= 0.3 is 5.97 Å². The zero-order valence-electron chi connectivity index (χ0n) is 26.5. The molecule has 1 N–H and O–H groups in total. The summed E-state index contributed by atoms with van der Waals surface area (Å²) in [6.45, 7) is 14.7. The van der Waals surface area contributed by atoms with E-state index in [-0.39, 0.29) is 23.9 Å². The van der Waals surface area contributed by atoms with Gasteiger partial charge in [0.2, 0.25) is 0 Å². The molecule has 4 rings (SSSR count). The number of benzene rings is 1. The molecule has 2 fully saturated rings. The highest BCUT2D eigenvalue weighted by molar-refractivity contribution is 5.95. The maximum Gasteiger partial charge on any atom is 0.309 e. The first-order chi connectivity index (χ1) is 19.5. The van der Waals surface area contributed by atoms with Crippen LogP contribution >= 0.6 is 0 Å². The number of nitrogens with zero attached hydrogens (tertiary/aromatic N) is 1. The molecule has 6 heteroatoms. The van der Waals surface area contributed by atoms with Gasteiger partial charge in [0.1, 0.15) is 5.60 Å². The molecular formula is C35H54N2O4. The van der Waals surface area contributed by atoms with Crippen molar-refractivity contribution >= 4 is 24.2 Å². The van der Waals surface area contributed by atoms with Crippen molar-refractivity contribution < 1.29 is 19.1 Å². The lowest BCUT2D eigenvalue weighted by Gasteiger charge is -2.32. The van der Waals surface area contributed by atoms with Crippen LogP contribution in [0.25, 0.3) is 12.3 Å². The quantitative estimate of drug-likeness (QED) is 0.381. The van der Waals surface area contributed by atoms with Gasteiger partial charge < -0.3 is 19.7 Å². The molecule has 2 atom stereocenters. The van der Waals surface area contributed by atoms with E-state index in [9.17, 15) is 9.59 Å². The molecule has 6 nitrogen and oxygen atoms in total. The second kappa shape index (κ2) is 14.2. The van der Waals surface area contributed by atoms with Crippen LogP contribution in [0.3, 0.4) is 0 Å². The van der Waals surface area contributed by atoms with Gasteiger partial charge in [-0.15, -0.1) is 0 Å². The molecule has 3 aliphatic rings. The van der Waals surface area contributed by atoms with Gasteiger partial charge in [0.15, 0.2) is 0 Å². The molecule has 2 saturated carbocycles. The molecule has 1 aromatic rings. The van der Waals surface area contributed by atoms with Gasteiger partial charge in [0, 0.05) is 42.7 Å². The minimum atomic E-state index is -0.422.